The highest BCUT2D eigenvalue weighted by atomic mass is 31.2. The van der Waals surface area contributed by atoms with Crippen molar-refractivity contribution in [3.63, 3.8) is 0 Å². The van der Waals surface area contributed by atoms with Crippen LogP contribution in [0.3, 0.4) is 0 Å². The van der Waals surface area contributed by atoms with E-state index in [0.717, 1.165) is 0 Å². The maximum atomic E-state index is 12.9. The normalized spacial score (nSPS) is 12.8. The molecular formula is C14H30N2O6P2. The van der Waals surface area contributed by atoms with Gasteiger partial charge in [0.1, 0.15) is 0 Å². The van der Waals surface area contributed by atoms with Crippen LogP contribution in [0.4, 0.5) is 0 Å². The number of rotatable bonds is 15. The van der Waals surface area contributed by atoms with Crippen LogP contribution >= 0.6 is 15.2 Å². The van der Waals surface area contributed by atoms with Crippen molar-refractivity contribution in [2.24, 2.45) is 0 Å². The first-order valence-corrected chi connectivity index (χ1v) is 10.7. The Bertz CT molecular complexity index is 432. The molecule has 24 heavy (non-hydrogen) atoms. The lowest BCUT2D eigenvalue weighted by Gasteiger charge is -2.32. The summed E-state index contributed by atoms with van der Waals surface area (Å²) in [6.07, 6.45) is 3.47. The predicted octanol–water partition coefficient (Wildman–Crippen LogP) is 2.55. The van der Waals surface area contributed by atoms with Crippen LogP contribution in [-0.2, 0) is 27.2 Å². The molecule has 0 aliphatic heterocycles. The molecule has 0 saturated carbocycles. The highest BCUT2D eigenvalue weighted by Gasteiger charge is 2.49. The van der Waals surface area contributed by atoms with Crippen molar-refractivity contribution in [2.75, 3.05) is 61.2 Å². The lowest BCUT2D eigenvalue weighted by atomic mass is 10.4. The summed E-state index contributed by atoms with van der Waals surface area (Å²) in [6, 6.07) is 0. The summed E-state index contributed by atoms with van der Waals surface area (Å²) < 4.78 is 45.9. The van der Waals surface area contributed by atoms with Crippen LogP contribution in [0.5, 0.6) is 0 Å². The van der Waals surface area contributed by atoms with Gasteiger partial charge < -0.3 is 23.4 Å². The van der Waals surface area contributed by atoms with Gasteiger partial charge in [0.15, 0.2) is 5.40 Å². The minimum atomic E-state index is -3.69. The Balaban J connectivity index is 5.38. The fourth-order valence-corrected chi connectivity index (χ4v) is 6.77. The monoisotopic (exact) mass is 384 g/mol. The molecule has 0 radical (unpaired) electrons. The van der Waals surface area contributed by atoms with Crippen LogP contribution in [0.2, 0.25) is 0 Å². The predicted molar refractivity (Wildman–Crippen MR) is 96.7 cm³/mol. The molecule has 1 N–H and O–H groups in total. The molecule has 0 aliphatic rings. The smallest absolute Gasteiger partial charge is 0.312 e. The molecule has 0 bridgehead atoms. The largest absolute Gasteiger partial charge is 0.346 e. The second kappa shape index (κ2) is 12.1. The first-order valence-electron chi connectivity index (χ1n) is 7.44. The van der Waals surface area contributed by atoms with Gasteiger partial charge in [0.05, 0.1) is 0 Å². The van der Waals surface area contributed by atoms with Gasteiger partial charge in [-0.25, -0.2) is 0 Å². The SMILES string of the molecule is C=CCNCCN(CC=C)CC(P(=O)(OC)OC)P(=O)(OC)OC. The summed E-state index contributed by atoms with van der Waals surface area (Å²) in [6.45, 7) is 9.95. The zero-order chi connectivity index (χ0) is 18.6. The van der Waals surface area contributed by atoms with Gasteiger partial charge in [-0.2, -0.15) is 0 Å². The van der Waals surface area contributed by atoms with Crippen LogP contribution in [0.15, 0.2) is 25.3 Å². The molecule has 0 fully saturated rings. The minimum absolute atomic E-state index is 0.139. The number of hydrogen-bond donors (Lipinski definition) is 1. The number of nitrogens with zero attached hydrogens (tertiary/aromatic N) is 1. The molecule has 0 saturated heterocycles. The summed E-state index contributed by atoms with van der Waals surface area (Å²) in [5.74, 6) is 0. The van der Waals surface area contributed by atoms with E-state index in [-0.39, 0.29) is 6.54 Å². The first kappa shape index (κ1) is 23.7. The summed E-state index contributed by atoms with van der Waals surface area (Å²) in [7, 11) is -2.40. The third kappa shape index (κ3) is 6.90. The van der Waals surface area contributed by atoms with Gasteiger partial charge in [-0.05, 0) is 0 Å². The molecule has 10 heteroatoms. The third-order valence-electron chi connectivity index (χ3n) is 3.45. The van der Waals surface area contributed by atoms with Gasteiger partial charge in [0, 0.05) is 61.2 Å². The van der Waals surface area contributed by atoms with Crippen molar-refractivity contribution in [3.05, 3.63) is 25.3 Å². The van der Waals surface area contributed by atoms with Gasteiger partial charge in [0.25, 0.3) is 0 Å². The Morgan fingerprint density at radius 2 is 1.50 bits per heavy atom. The summed E-state index contributed by atoms with van der Waals surface area (Å²) in [5.41, 5.74) is 0. The Kier molecular flexibility index (Phi) is 12.0. The number of hydrogen-bond acceptors (Lipinski definition) is 8. The van der Waals surface area contributed by atoms with Crippen LogP contribution in [0.1, 0.15) is 0 Å². The van der Waals surface area contributed by atoms with Gasteiger partial charge in [-0.1, -0.05) is 12.2 Å². The van der Waals surface area contributed by atoms with E-state index in [9.17, 15) is 9.13 Å². The van der Waals surface area contributed by atoms with Gasteiger partial charge >= 0.3 is 15.2 Å². The maximum absolute atomic E-state index is 12.9. The Morgan fingerprint density at radius 3 is 1.88 bits per heavy atom. The Morgan fingerprint density at radius 1 is 1.00 bits per heavy atom. The van der Waals surface area contributed by atoms with Crippen molar-refractivity contribution in [1.82, 2.24) is 10.2 Å². The van der Waals surface area contributed by atoms with E-state index in [0.29, 0.717) is 26.2 Å². The molecule has 142 valence electrons. The fraction of sp³-hybridized carbons (Fsp3) is 0.714. The Hall–Kier alpha value is -0.300. The van der Waals surface area contributed by atoms with E-state index in [1.807, 2.05) is 4.90 Å². The molecule has 0 atom stereocenters. The lowest BCUT2D eigenvalue weighted by Crippen LogP contribution is -2.38. The minimum Gasteiger partial charge on any atom is -0.312 e. The fourth-order valence-electron chi connectivity index (χ4n) is 2.12. The van der Waals surface area contributed by atoms with E-state index in [2.05, 4.69) is 18.5 Å². The van der Waals surface area contributed by atoms with Crippen molar-refractivity contribution >= 4 is 15.2 Å². The third-order valence-corrected chi connectivity index (χ3v) is 8.97. The van der Waals surface area contributed by atoms with Crippen LogP contribution < -0.4 is 5.32 Å². The molecule has 0 aromatic heterocycles. The topological polar surface area (TPSA) is 86.3 Å². The van der Waals surface area contributed by atoms with Crippen LogP contribution in [0.25, 0.3) is 0 Å². The highest BCUT2D eigenvalue weighted by molar-refractivity contribution is 7.72. The first-order chi connectivity index (χ1) is 11.4. The molecule has 0 spiro atoms. The molecule has 0 aromatic rings. The molecule has 0 heterocycles. The number of nitrogens with one attached hydrogen (secondary N) is 1. The molecule has 0 aliphatic carbocycles. The van der Waals surface area contributed by atoms with Crippen LogP contribution in [0, 0.1) is 0 Å². The van der Waals surface area contributed by atoms with E-state index in [4.69, 9.17) is 18.1 Å². The van der Waals surface area contributed by atoms with E-state index >= 15 is 0 Å². The average Bonchev–Trinajstić information content (AvgIpc) is 2.61. The standard InChI is InChI=1S/C14H30N2O6P2/c1-7-9-15-10-12-16(11-8-2)13-14(23(17,19-3)20-4)24(18,21-5)22-6/h7-8,14-15H,1-2,9-13H2,3-6H3. The van der Waals surface area contributed by atoms with Crippen molar-refractivity contribution in [3.8, 4) is 0 Å². The summed E-state index contributed by atoms with van der Waals surface area (Å²) in [5, 5.41) is 2.10. The molecular weight excluding hydrogens is 354 g/mol. The molecule has 0 unspecified atom stereocenters. The van der Waals surface area contributed by atoms with Crippen molar-refractivity contribution in [2.45, 2.75) is 5.40 Å². The maximum Gasteiger partial charge on any atom is 0.346 e. The Labute approximate surface area is 145 Å². The zero-order valence-corrected chi connectivity index (χ0v) is 16.8. The summed E-state index contributed by atoms with van der Waals surface area (Å²) >= 11 is 0. The van der Waals surface area contributed by atoms with Crippen molar-refractivity contribution in [1.29, 1.82) is 0 Å². The molecule has 0 rings (SSSR count). The van der Waals surface area contributed by atoms with Gasteiger partial charge in [-0.15, -0.1) is 13.2 Å². The average molecular weight is 384 g/mol. The van der Waals surface area contributed by atoms with Crippen LogP contribution in [-0.4, -0.2) is 71.5 Å². The molecule has 0 aromatic carbocycles. The van der Waals surface area contributed by atoms with Gasteiger partial charge in [0.2, 0.25) is 0 Å². The molecule has 0 amide bonds. The highest BCUT2D eigenvalue weighted by Crippen LogP contribution is 2.69. The quantitative estimate of drug-likeness (QED) is 0.262. The van der Waals surface area contributed by atoms with E-state index in [1.54, 1.807) is 12.2 Å². The van der Waals surface area contributed by atoms with E-state index in [1.165, 1.54) is 28.4 Å². The van der Waals surface area contributed by atoms with E-state index < -0.39 is 20.6 Å². The lowest BCUT2D eigenvalue weighted by molar-refractivity contribution is 0.226. The second-order valence-corrected chi connectivity index (χ2v) is 10.1. The second-order valence-electron chi connectivity index (χ2n) is 4.83. The summed E-state index contributed by atoms with van der Waals surface area (Å²) in [4.78, 5) is 1.92. The zero-order valence-electron chi connectivity index (χ0n) is 15.0. The van der Waals surface area contributed by atoms with Crippen molar-refractivity contribution < 1.29 is 27.2 Å². The molecule has 8 nitrogen and oxygen atoms in total. The van der Waals surface area contributed by atoms with Gasteiger partial charge in [-0.3, -0.25) is 14.0 Å².